The molecule has 1 N–H and O–H groups in total. The molecular weight excluding hydrogens is 234 g/mol. The molecule has 0 fully saturated rings. The number of aromatic carboxylic acids is 1. The Kier molecular flexibility index (Phi) is 3.86. The monoisotopic (exact) mass is 239 g/mol. The molecule has 1 aromatic rings. The van der Waals surface area contributed by atoms with E-state index in [9.17, 15) is 14.9 Å². The maximum absolute atomic E-state index is 10.7. The average molecular weight is 240 g/mol. The summed E-state index contributed by atoms with van der Waals surface area (Å²) >= 11 is 5.33. The Labute approximate surface area is 95.8 Å². The van der Waals surface area contributed by atoms with Crippen molar-refractivity contribution in [3.05, 3.63) is 39.4 Å². The molecule has 1 rings (SSSR count). The third-order valence-corrected chi connectivity index (χ3v) is 1.86. The summed E-state index contributed by atoms with van der Waals surface area (Å²) in [5.74, 6) is 3.80. The molecule has 0 saturated carbocycles. The van der Waals surface area contributed by atoms with Gasteiger partial charge in [-0.2, -0.15) is 0 Å². The van der Waals surface area contributed by atoms with E-state index in [4.69, 9.17) is 16.7 Å². The molecule has 0 bridgehead atoms. The summed E-state index contributed by atoms with van der Waals surface area (Å²) in [5, 5.41) is 19.3. The van der Waals surface area contributed by atoms with Gasteiger partial charge in [-0.25, -0.2) is 4.79 Å². The van der Waals surface area contributed by atoms with E-state index >= 15 is 0 Å². The van der Waals surface area contributed by atoms with Crippen molar-refractivity contribution in [2.45, 2.75) is 0 Å². The molecule has 0 unspecified atom stereocenters. The maximum atomic E-state index is 10.7. The summed E-state index contributed by atoms with van der Waals surface area (Å²) in [4.78, 5) is 20.6. The van der Waals surface area contributed by atoms with E-state index in [1.807, 2.05) is 0 Å². The van der Waals surface area contributed by atoms with Crippen LogP contribution in [0.15, 0.2) is 18.2 Å². The average Bonchev–Trinajstić information content (AvgIpc) is 2.25. The van der Waals surface area contributed by atoms with Gasteiger partial charge in [0.15, 0.2) is 0 Å². The van der Waals surface area contributed by atoms with Gasteiger partial charge in [-0.15, -0.1) is 11.6 Å². The number of rotatable bonds is 2. The first-order valence-corrected chi connectivity index (χ1v) is 4.66. The predicted molar refractivity (Wildman–Crippen MR) is 57.7 cm³/mol. The van der Waals surface area contributed by atoms with Crippen molar-refractivity contribution >= 4 is 23.3 Å². The number of alkyl halides is 1. The molecule has 82 valence electrons. The minimum atomic E-state index is -1.22. The van der Waals surface area contributed by atoms with E-state index in [2.05, 4.69) is 11.8 Å². The standard InChI is InChI=1S/C10H6ClNO4/c11-5-1-2-7-3-4-8(10(13)14)6-9(7)12(15)16/h3-4,6H,5H2,(H,13,14). The molecule has 0 aromatic heterocycles. The summed E-state index contributed by atoms with van der Waals surface area (Å²) < 4.78 is 0. The second-order valence-electron chi connectivity index (χ2n) is 2.73. The van der Waals surface area contributed by atoms with Crippen LogP contribution in [0, 0.1) is 22.0 Å². The zero-order valence-corrected chi connectivity index (χ0v) is 8.69. The van der Waals surface area contributed by atoms with Crippen LogP contribution in [-0.4, -0.2) is 21.9 Å². The van der Waals surface area contributed by atoms with Gasteiger partial charge >= 0.3 is 5.97 Å². The van der Waals surface area contributed by atoms with Crippen LogP contribution in [0.25, 0.3) is 0 Å². The highest BCUT2D eigenvalue weighted by Crippen LogP contribution is 2.19. The highest BCUT2D eigenvalue weighted by Gasteiger charge is 2.15. The minimum absolute atomic E-state index is 0.0534. The largest absolute Gasteiger partial charge is 0.478 e. The zero-order chi connectivity index (χ0) is 12.1. The molecule has 0 atom stereocenters. The molecule has 0 saturated heterocycles. The number of hydrogen-bond donors (Lipinski definition) is 1. The molecule has 0 radical (unpaired) electrons. The fourth-order valence-electron chi connectivity index (χ4n) is 1.05. The third kappa shape index (κ3) is 2.72. The van der Waals surface area contributed by atoms with Gasteiger partial charge < -0.3 is 5.11 Å². The lowest BCUT2D eigenvalue weighted by Gasteiger charge is -1.97. The first kappa shape index (κ1) is 12.0. The SMILES string of the molecule is O=C(O)c1ccc(C#CCCl)c([N+](=O)[O-])c1. The summed E-state index contributed by atoms with van der Waals surface area (Å²) in [6.45, 7) is 0. The van der Waals surface area contributed by atoms with Crippen LogP contribution in [-0.2, 0) is 0 Å². The first-order valence-electron chi connectivity index (χ1n) is 4.13. The number of benzene rings is 1. The van der Waals surface area contributed by atoms with Gasteiger partial charge in [0.2, 0.25) is 0 Å². The lowest BCUT2D eigenvalue weighted by Crippen LogP contribution is -1.99. The molecule has 1 aromatic carbocycles. The molecule has 0 aliphatic carbocycles. The van der Waals surface area contributed by atoms with Crippen molar-refractivity contribution < 1.29 is 14.8 Å². The quantitative estimate of drug-likeness (QED) is 0.370. The number of carboxylic acid groups (broad SMARTS) is 1. The molecule has 0 aliphatic heterocycles. The predicted octanol–water partition coefficient (Wildman–Crippen LogP) is 1.88. The van der Waals surface area contributed by atoms with Crippen LogP contribution >= 0.6 is 11.6 Å². The number of nitro benzene ring substituents is 1. The number of hydrogen-bond acceptors (Lipinski definition) is 3. The van der Waals surface area contributed by atoms with Crippen molar-refractivity contribution in [1.82, 2.24) is 0 Å². The lowest BCUT2D eigenvalue weighted by molar-refractivity contribution is -0.385. The Morgan fingerprint density at radius 3 is 2.75 bits per heavy atom. The lowest BCUT2D eigenvalue weighted by atomic mass is 10.1. The Bertz CT molecular complexity index is 501. The first-order chi connectivity index (χ1) is 7.56. The van der Waals surface area contributed by atoms with Crippen molar-refractivity contribution in [3.63, 3.8) is 0 Å². The fourth-order valence-corrected chi connectivity index (χ4v) is 1.12. The Hall–Kier alpha value is -2.06. The Morgan fingerprint density at radius 1 is 1.56 bits per heavy atom. The summed E-state index contributed by atoms with van der Waals surface area (Å²) in [5.41, 5.74) is -0.337. The highest BCUT2D eigenvalue weighted by molar-refractivity contribution is 6.19. The number of carboxylic acids is 1. The maximum Gasteiger partial charge on any atom is 0.335 e. The molecular formula is C10H6ClNO4. The summed E-state index contributed by atoms with van der Waals surface area (Å²) in [6.07, 6.45) is 0. The molecule has 5 nitrogen and oxygen atoms in total. The van der Waals surface area contributed by atoms with Crippen LogP contribution < -0.4 is 0 Å². The molecule has 0 spiro atoms. The number of halogens is 1. The fraction of sp³-hybridized carbons (Fsp3) is 0.100. The van der Waals surface area contributed by atoms with E-state index in [1.54, 1.807) is 0 Å². The van der Waals surface area contributed by atoms with Gasteiger partial charge in [-0.1, -0.05) is 11.8 Å². The normalized spacial score (nSPS) is 9.06. The molecule has 0 heterocycles. The van der Waals surface area contributed by atoms with Crippen molar-refractivity contribution in [1.29, 1.82) is 0 Å². The Morgan fingerprint density at radius 2 is 2.25 bits per heavy atom. The third-order valence-electron chi connectivity index (χ3n) is 1.73. The van der Waals surface area contributed by atoms with Crippen LogP contribution in [0.2, 0.25) is 0 Å². The van der Waals surface area contributed by atoms with Crippen molar-refractivity contribution in [2.24, 2.45) is 0 Å². The van der Waals surface area contributed by atoms with Crippen LogP contribution in [0.1, 0.15) is 15.9 Å². The molecule has 6 heteroatoms. The number of nitro groups is 1. The Balaban J connectivity index is 3.30. The van der Waals surface area contributed by atoms with Gasteiger partial charge in [-0.3, -0.25) is 10.1 Å². The van der Waals surface area contributed by atoms with Crippen LogP contribution in [0.5, 0.6) is 0 Å². The second-order valence-corrected chi connectivity index (χ2v) is 3.00. The van der Waals surface area contributed by atoms with E-state index in [1.165, 1.54) is 12.1 Å². The van der Waals surface area contributed by atoms with E-state index in [-0.39, 0.29) is 22.7 Å². The van der Waals surface area contributed by atoms with Crippen molar-refractivity contribution in [3.8, 4) is 11.8 Å². The van der Waals surface area contributed by atoms with Gasteiger partial charge in [-0.05, 0) is 12.1 Å². The van der Waals surface area contributed by atoms with Crippen molar-refractivity contribution in [2.75, 3.05) is 5.88 Å². The number of nitrogens with zero attached hydrogens (tertiary/aromatic N) is 1. The van der Waals surface area contributed by atoms with Gasteiger partial charge in [0, 0.05) is 6.07 Å². The highest BCUT2D eigenvalue weighted by atomic mass is 35.5. The zero-order valence-electron chi connectivity index (χ0n) is 7.94. The van der Waals surface area contributed by atoms with Crippen LogP contribution in [0.3, 0.4) is 0 Å². The van der Waals surface area contributed by atoms with E-state index in [0.29, 0.717) is 0 Å². The summed E-state index contributed by atoms with van der Waals surface area (Å²) in [6, 6.07) is 3.52. The van der Waals surface area contributed by atoms with Gasteiger partial charge in [0.1, 0.15) is 5.56 Å². The topological polar surface area (TPSA) is 80.4 Å². The van der Waals surface area contributed by atoms with Gasteiger partial charge in [0.05, 0.1) is 16.4 Å². The summed E-state index contributed by atoms with van der Waals surface area (Å²) in [7, 11) is 0. The second kappa shape index (κ2) is 5.14. The van der Waals surface area contributed by atoms with Gasteiger partial charge in [0.25, 0.3) is 5.69 Å². The molecule has 16 heavy (non-hydrogen) atoms. The molecule has 0 amide bonds. The number of carbonyl (C=O) groups is 1. The minimum Gasteiger partial charge on any atom is -0.478 e. The van der Waals surface area contributed by atoms with E-state index in [0.717, 1.165) is 6.07 Å². The smallest absolute Gasteiger partial charge is 0.335 e. The van der Waals surface area contributed by atoms with Crippen LogP contribution in [0.4, 0.5) is 5.69 Å². The van der Waals surface area contributed by atoms with E-state index < -0.39 is 10.9 Å². The molecule has 0 aliphatic rings.